The van der Waals surface area contributed by atoms with Gasteiger partial charge in [-0.2, -0.15) is 0 Å². The summed E-state index contributed by atoms with van der Waals surface area (Å²) in [5, 5.41) is 10.4. The minimum absolute atomic E-state index is 0.00208. The number of halogens is 3. The molecule has 0 aromatic heterocycles. The summed E-state index contributed by atoms with van der Waals surface area (Å²) >= 11 is 0. The maximum Gasteiger partial charge on any atom is 0.573 e. The Morgan fingerprint density at radius 2 is 1.52 bits per heavy atom. The fourth-order valence-electron chi connectivity index (χ4n) is 2.68. The monoisotopic (exact) mass is 469 g/mol. The van der Waals surface area contributed by atoms with E-state index in [-0.39, 0.29) is 24.5 Å². The molecule has 10 heteroatoms. The van der Waals surface area contributed by atoms with Crippen molar-refractivity contribution in [2.45, 2.75) is 45.3 Å². The van der Waals surface area contributed by atoms with E-state index in [4.69, 9.17) is 9.47 Å². The Morgan fingerprint density at radius 3 is 2.03 bits per heavy atom. The quantitative estimate of drug-likeness (QED) is 0.470. The van der Waals surface area contributed by atoms with Crippen molar-refractivity contribution in [3.63, 3.8) is 0 Å². The van der Waals surface area contributed by atoms with E-state index in [0.29, 0.717) is 11.1 Å². The van der Waals surface area contributed by atoms with E-state index in [9.17, 15) is 27.9 Å². The molecule has 2 rings (SSSR count). The van der Waals surface area contributed by atoms with Gasteiger partial charge in [0.2, 0.25) is 0 Å². The largest absolute Gasteiger partial charge is 0.573 e. The molecule has 180 valence electrons. The Hall–Kier alpha value is -3.27. The van der Waals surface area contributed by atoms with E-state index >= 15 is 0 Å². The van der Waals surface area contributed by atoms with Crippen LogP contribution in [0.2, 0.25) is 0 Å². The van der Waals surface area contributed by atoms with Gasteiger partial charge in [0.05, 0.1) is 19.1 Å². The van der Waals surface area contributed by atoms with Gasteiger partial charge in [0.25, 0.3) is 0 Å². The molecular formula is C23H26F3NO6. The lowest BCUT2D eigenvalue weighted by atomic mass is 10.1. The van der Waals surface area contributed by atoms with Crippen LogP contribution in [0.4, 0.5) is 18.0 Å². The SMILES string of the molecule is CN(CC(O)c1ccc(OC(=O)Cc2ccc(OC(F)(F)F)cc2)cc1)C(=O)OC(C)(C)C. The van der Waals surface area contributed by atoms with Crippen LogP contribution in [-0.4, -0.2) is 47.6 Å². The second kappa shape index (κ2) is 10.6. The second-order valence-corrected chi connectivity index (χ2v) is 8.29. The van der Waals surface area contributed by atoms with Crippen molar-refractivity contribution in [3.05, 3.63) is 59.7 Å². The summed E-state index contributed by atoms with van der Waals surface area (Å²) in [6.07, 6.45) is -6.49. The first-order valence-corrected chi connectivity index (χ1v) is 9.99. The van der Waals surface area contributed by atoms with E-state index in [0.717, 1.165) is 12.1 Å². The lowest BCUT2D eigenvalue weighted by molar-refractivity contribution is -0.274. The number of amides is 1. The Labute approximate surface area is 189 Å². The number of ether oxygens (including phenoxy) is 3. The number of hydrogen-bond acceptors (Lipinski definition) is 6. The highest BCUT2D eigenvalue weighted by Gasteiger charge is 2.31. The van der Waals surface area contributed by atoms with Gasteiger partial charge >= 0.3 is 18.4 Å². The Kier molecular flexibility index (Phi) is 8.32. The van der Waals surface area contributed by atoms with Crippen LogP contribution in [0.5, 0.6) is 11.5 Å². The Balaban J connectivity index is 1.88. The summed E-state index contributed by atoms with van der Waals surface area (Å²) in [7, 11) is 1.51. The van der Waals surface area contributed by atoms with Crippen molar-refractivity contribution in [3.8, 4) is 11.5 Å². The van der Waals surface area contributed by atoms with Crippen LogP contribution >= 0.6 is 0 Å². The fraction of sp³-hybridized carbons (Fsp3) is 0.391. The molecule has 1 unspecified atom stereocenters. The summed E-state index contributed by atoms with van der Waals surface area (Å²) in [6.45, 7) is 5.23. The highest BCUT2D eigenvalue weighted by molar-refractivity contribution is 5.75. The predicted octanol–water partition coefficient (Wildman–Crippen LogP) is 4.63. The third kappa shape index (κ3) is 9.40. The highest BCUT2D eigenvalue weighted by Crippen LogP contribution is 2.23. The normalized spacial score (nSPS) is 12.6. The van der Waals surface area contributed by atoms with Crippen molar-refractivity contribution in [1.29, 1.82) is 0 Å². The molecule has 0 spiro atoms. The van der Waals surface area contributed by atoms with Crippen molar-refractivity contribution in [2.24, 2.45) is 0 Å². The van der Waals surface area contributed by atoms with Crippen molar-refractivity contribution < 1.29 is 42.1 Å². The molecule has 1 amide bonds. The first kappa shape index (κ1) is 26.0. The zero-order valence-corrected chi connectivity index (χ0v) is 18.7. The van der Waals surface area contributed by atoms with Gasteiger partial charge in [-0.25, -0.2) is 4.79 Å². The van der Waals surface area contributed by atoms with E-state index in [1.165, 1.54) is 36.2 Å². The van der Waals surface area contributed by atoms with Crippen LogP contribution in [0.15, 0.2) is 48.5 Å². The molecule has 33 heavy (non-hydrogen) atoms. The number of carbonyl (C=O) groups excluding carboxylic acids is 2. The summed E-state index contributed by atoms with van der Waals surface area (Å²) in [5.41, 5.74) is 0.304. The van der Waals surface area contributed by atoms with E-state index in [1.807, 2.05) is 0 Å². The number of hydrogen-bond donors (Lipinski definition) is 1. The van der Waals surface area contributed by atoms with Gasteiger partial charge < -0.3 is 24.2 Å². The van der Waals surface area contributed by atoms with E-state index in [1.54, 1.807) is 32.9 Å². The number of benzene rings is 2. The fourth-order valence-corrected chi connectivity index (χ4v) is 2.68. The van der Waals surface area contributed by atoms with E-state index in [2.05, 4.69) is 4.74 Å². The van der Waals surface area contributed by atoms with Gasteiger partial charge in [-0.05, 0) is 56.2 Å². The minimum Gasteiger partial charge on any atom is -0.444 e. The summed E-state index contributed by atoms with van der Waals surface area (Å²) in [5.74, 6) is -0.767. The standard InChI is InChI=1S/C23H26F3NO6/c1-22(2,3)33-21(30)27(4)14-19(28)16-7-11-17(12-8-16)31-20(29)13-15-5-9-18(10-6-15)32-23(24,25)26/h5-12,19,28H,13-14H2,1-4H3. The molecule has 2 aromatic carbocycles. The molecule has 2 aromatic rings. The number of aliphatic hydroxyl groups excluding tert-OH is 1. The van der Waals surface area contributed by atoms with Crippen LogP contribution < -0.4 is 9.47 Å². The third-order valence-corrected chi connectivity index (χ3v) is 4.15. The number of esters is 1. The lowest BCUT2D eigenvalue weighted by Gasteiger charge is -2.26. The molecule has 7 nitrogen and oxygen atoms in total. The summed E-state index contributed by atoms with van der Waals surface area (Å²) in [6, 6.07) is 11.0. The van der Waals surface area contributed by atoms with Crippen LogP contribution in [-0.2, 0) is 16.0 Å². The average Bonchev–Trinajstić information content (AvgIpc) is 2.67. The molecule has 0 aliphatic carbocycles. The van der Waals surface area contributed by atoms with Crippen LogP contribution in [0.25, 0.3) is 0 Å². The molecule has 1 N–H and O–H groups in total. The number of carbonyl (C=O) groups is 2. The van der Waals surface area contributed by atoms with Gasteiger partial charge in [0.15, 0.2) is 0 Å². The predicted molar refractivity (Wildman–Crippen MR) is 113 cm³/mol. The zero-order valence-electron chi connectivity index (χ0n) is 18.7. The molecule has 0 radical (unpaired) electrons. The first-order chi connectivity index (χ1) is 15.2. The lowest BCUT2D eigenvalue weighted by Crippen LogP contribution is -2.36. The molecule has 0 heterocycles. The molecule has 0 saturated carbocycles. The molecule has 0 aliphatic heterocycles. The molecule has 0 bridgehead atoms. The van der Waals surface area contributed by atoms with Crippen LogP contribution in [0.1, 0.15) is 38.0 Å². The molecule has 0 fully saturated rings. The third-order valence-electron chi connectivity index (χ3n) is 4.15. The number of rotatable bonds is 7. The smallest absolute Gasteiger partial charge is 0.444 e. The minimum atomic E-state index is -4.79. The second-order valence-electron chi connectivity index (χ2n) is 8.29. The number of alkyl halides is 3. The van der Waals surface area contributed by atoms with Crippen molar-refractivity contribution in [1.82, 2.24) is 4.90 Å². The number of aliphatic hydroxyl groups is 1. The maximum atomic E-state index is 12.2. The van der Waals surface area contributed by atoms with Gasteiger partial charge in [0.1, 0.15) is 17.1 Å². The topological polar surface area (TPSA) is 85.3 Å². The van der Waals surface area contributed by atoms with Crippen molar-refractivity contribution in [2.75, 3.05) is 13.6 Å². The van der Waals surface area contributed by atoms with Crippen LogP contribution in [0.3, 0.4) is 0 Å². The number of nitrogens with zero attached hydrogens (tertiary/aromatic N) is 1. The van der Waals surface area contributed by atoms with E-state index < -0.39 is 30.1 Å². The average molecular weight is 469 g/mol. The van der Waals surface area contributed by atoms with Gasteiger partial charge in [-0.1, -0.05) is 24.3 Å². The Morgan fingerprint density at radius 1 is 0.970 bits per heavy atom. The van der Waals surface area contributed by atoms with Gasteiger partial charge in [-0.15, -0.1) is 13.2 Å². The molecule has 1 atom stereocenters. The summed E-state index contributed by atoms with van der Waals surface area (Å²) in [4.78, 5) is 25.4. The number of likely N-dealkylation sites (N-methyl/N-ethyl adjacent to an activating group) is 1. The van der Waals surface area contributed by atoms with Crippen LogP contribution in [0, 0.1) is 0 Å². The first-order valence-electron chi connectivity index (χ1n) is 9.99. The summed E-state index contributed by atoms with van der Waals surface area (Å²) < 4.78 is 50.8. The molecule has 0 aliphatic rings. The maximum absolute atomic E-state index is 12.2. The van der Waals surface area contributed by atoms with Gasteiger partial charge in [0, 0.05) is 7.05 Å². The molecule has 0 saturated heterocycles. The van der Waals surface area contributed by atoms with Crippen molar-refractivity contribution >= 4 is 12.1 Å². The Bertz CT molecular complexity index is 937. The van der Waals surface area contributed by atoms with Gasteiger partial charge in [-0.3, -0.25) is 4.79 Å². The highest BCUT2D eigenvalue weighted by atomic mass is 19.4. The molecular weight excluding hydrogens is 443 g/mol. The zero-order chi connectivity index (χ0) is 24.8.